The number of urea groups is 1. The number of carbonyl (C=O) groups is 3. The number of nitrogens with zero attached hydrogens (tertiary/aromatic N) is 1. The van der Waals surface area contributed by atoms with Crippen molar-refractivity contribution in [3.8, 4) is 6.07 Å². The number of benzene rings is 2. The van der Waals surface area contributed by atoms with Crippen molar-refractivity contribution in [3.05, 3.63) is 60.2 Å². The maximum Gasteiger partial charge on any atom is 0.319 e. The maximum atomic E-state index is 11.8. The highest BCUT2D eigenvalue weighted by Crippen LogP contribution is 2.09. The molecule has 3 N–H and O–H groups in total. The number of rotatable bonds is 8. The van der Waals surface area contributed by atoms with Crippen LogP contribution in [0.3, 0.4) is 0 Å². The minimum Gasteiger partial charge on any atom is -0.456 e. The number of ether oxygens (including phenoxy) is 1. The molecule has 0 bridgehead atoms. The molecule has 0 saturated carbocycles. The van der Waals surface area contributed by atoms with Crippen LogP contribution in [-0.2, 0) is 20.7 Å². The third-order valence-electron chi connectivity index (χ3n) is 3.53. The van der Waals surface area contributed by atoms with Gasteiger partial charge in [-0.3, -0.25) is 9.59 Å². The van der Waals surface area contributed by atoms with Crippen LogP contribution in [0.25, 0.3) is 0 Å². The molecular formula is C20H20N4O4. The normalized spacial score (nSPS) is 9.68. The standard InChI is InChI=1S/C20H20N4O4/c21-12-10-15-6-8-17(9-7-15)23-18(25)14-28-19(26)11-13-22-20(27)24-16-4-2-1-3-5-16/h1-9H,10-11,13-14H2,(H,23,25)(H2,22,24,27). The number of carbonyl (C=O) groups excluding carboxylic acids is 3. The molecule has 0 atom stereocenters. The molecule has 0 fully saturated rings. The van der Waals surface area contributed by atoms with Gasteiger partial charge in [0.25, 0.3) is 5.91 Å². The van der Waals surface area contributed by atoms with E-state index in [4.69, 9.17) is 10.00 Å². The van der Waals surface area contributed by atoms with Crippen molar-refractivity contribution >= 4 is 29.3 Å². The molecular weight excluding hydrogens is 360 g/mol. The minimum atomic E-state index is -0.598. The topological polar surface area (TPSA) is 120 Å². The molecule has 0 saturated heterocycles. The first kappa shape index (κ1) is 20.5. The molecule has 2 aromatic rings. The molecule has 0 aliphatic rings. The van der Waals surface area contributed by atoms with E-state index < -0.39 is 24.5 Å². The lowest BCUT2D eigenvalue weighted by molar-refractivity contribution is -0.147. The van der Waals surface area contributed by atoms with Crippen LogP contribution < -0.4 is 16.0 Å². The molecule has 144 valence electrons. The van der Waals surface area contributed by atoms with Crippen LogP contribution in [0.5, 0.6) is 0 Å². The highest BCUT2D eigenvalue weighted by molar-refractivity contribution is 5.93. The van der Waals surface area contributed by atoms with Crippen molar-refractivity contribution in [2.45, 2.75) is 12.8 Å². The van der Waals surface area contributed by atoms with Crippen molar-refractivity contribution in [2.75, 3.05) is 23.8 Å². The second kappa shape index (κ2) is 11.0. The van der Waals surface area contributed by atoms with E-state index >= 15 is 0 Å². The lowest BCUT2D eigenvalue weighted by Crippen LogP contribution is -2.31. The third-order valence-corrected chi connectivity index (χ3v) is 3.53. The quantitative estimate of drug-likeness (QED) is 0.608. The van der Waals surface area contributed by atoms with Crippen molar-refractivity contribution in [1.29, 1.82) is 5.26 Å². The summed E-state index contributed by atoms with van der Waals surface area (Å²) in [6, 6.07) is 17.3. The Hall–Kier alpha value is -3.86. The summed E-state index contributed by atoms with van der Waals surface area (Å²) >= 11 is 0. The van der Waals surface area contributed by atoms with Gasteiger partial charge < -0.3 is 20.7 Å². The molecule has 0 aliphatic carbocycles. The van der Waals surface area contributed by atoms with Gasteiger partial charge in [0.05, 0.1) is 18.9 Å². The lowest BCUT2D eigenvalue weighted by atomic mass is 10.1. The average Bonchev–Trinajstić information content (AvgIpc) is 2.69. The summed E-state index contributed by atoms with van der Waals surface area (Å²) in [5.74, 6) is -1.07. The van der Waals surface area contributed by atoms with Gasteiger partial charge in [-0.05, 0) is 29.8 Å². The lowest BCUT2D eigenvalue weighted by Gasteiger charge is -2.08. The highest BCUT2D eigenvalue weighted by Gasteiger charge is 2.09. The largest absolute Gasteiger partial charge is 0.456 e. The fourth-order valence-electron chi connectivity index (χ4n) is 2.19. The number of nitrogens with one attached hydrogen (secondary N) is 3. The van der Waals surface area contributed by atoms with Gasteiger partial charge in [-0.1, -0.05) is 30.3 Å². The van der Waals surface area contributed by atoms with Crippen LogP contribution >= 0.6 is 0 Å². The molecule has 3 amide bonds. The van der Waals surface area contributed by atoms with Crippen molar-refractivity contribution < 1.29 is 19.1 Å². The van der Waals surface area contributed by atoms with Gasteiger partial charge >= 0.3 is 12.0 Å². The predicted octanol–water partition coefficient (Wildman–Crippen LogP) is 2.45. The summed E-state index contributed by atoms with van der Waals surface area (Å²) in [6.45, 7) is -0.339. The molecule has 2 aromatic carbocycles. The first-order valence-corrected chi connectivity index (χ1v) is 8.58. The average molecular weight is 380 g/mol. The fourth-order valence-corrected chi connectivity index (χ4v) is 2.19. The van der Waals surface area contributed by atoms with Gasteiger partial charge in [0.15, 0.2) is 6.61 Å². The summed E-state index contributed by atoms with van der Waals surface area (Å²) in [4.78, 5) is 35.1. The molecule has 0 spiro atoms. The zero-order chi connectivity index (χ0) is 20.2. The van der Waals surface area contributed by atoms with E-state index in [-0.39, 0.29) is 13.0 Å². The Morgan fingerprint density at radius 2 is 1.61 bits per heavy atom. The van der Waals surface area contributed by atoms with E-state index in [2.05, 4.69) is 16.0 Å². The van der Waals surface area contributed by atoms with Gasteiger partial charge in [0.1, 0.15) is 0 Å². The first-order valence-electron chi connectivity index (χ1n) is 8.58. The van der Waals surface area contributed by atoms with Gasteiger partial charge in [-0.2, -0.15) is 5.26 Å². The van der Waals surface area contributed by atoms with Crippen LogP contribution in [0.2, 0.25) is 0 Å². The Kier molecular flexibility index (Phi) is 8.02. The monoisotopic (exact) mass is 380 g/mol. The van der Waals surface area contributed by atoms with Crippen LogP contribution in [0.1, 0.15) is 12.0 Å². The number of hydrogen-bond acceptors (Lipinski definition) is 5. The molecule has 0 aliphatic heterocycles. The number of para-hydroxylation sites is 1. The zero-order valence-corrected chi connectivity index (χ0v) is 15.1. The fraction of sp³-hybridized carbons (Fsp3) is 0.200. The molecule has 28 heavy (non-hydrogen) atoms. The Morgan fingerprint density at radius 1 is 0.929 bits per heavy atom. The Morgan fingerprint density at radius 3 is 2.29 bits per heavy atom. The van der Waals surface area contributed by atoms with E-state index in [1.165, 1.54) is 0 Å². The van der Waals surface area contributed by atoms with Gasteiger partial charge in [0.2, 0.25) is 0 Å². The number of esters is 1. The van der Waals surface area contributed by atoms with Crippen LogP contribution in [-0.4, -0.2) is 31.1 Å². The Labute approximate surface area is 162 Å². The zero-order valence-electron chi connectivity index (χ0n) is 15.1. The Balaban J connectivity index is 1.61. The summed E-state index contributed by atoms with van der Waals surface area (Å²) in [7, 11) is 0. The highest BCUT2D eigenvalue weighted by atomic mass is 16.5. The smallest absolute Gasteiger partial charge is 0.319 e. The molecule has 0 radical (unpaired) electrons. The minimum absolute atomic E-state index is 0.0572. The molecule has 0 unspecified atom stereocenters. The number of anilines is 2. The van der Waals surface area contributed by atoms with Gasteiger partial charge in [0, 0.05) is 17.9 Å². The van der Waals surface area contributed by atoms with E-state index in [9.17, 15) is 14.4 Å². The third kappa shape index (κ3) is 7.58. The molecule has 0 aromatic heterocycles. The Bertz CT molecular complexity index is 845. The molecule has 0 heterocycles. The number of hydrogen-bond donors (Lipinski definition) is 3. The van der Waals surface area contributed by atoms with Gasteiger partial charge in [-0.25, -0.2) is 4.79 Å². The van der Waals surface area contributed by atoms with Crippen molar-refractivity contribution in [2.24, 2.45) is 0 Å². The predicted molar refractivity (Wildman–Crippen MR) is 103 cm³/mol. The summed E-state index contributed by atoms with van der Waals surface area (Å²) < 4.78 is 4.87. The summed E-state index contributed by atoms with van der Waals surface area (Å²) in [6.07, 6.45) is 0.238. The van der Waals surface area contributed by atoms with E-state index in [0.717, 1.165) is 5.56 Å². The second-order valence-corrected chi connectivity index (χ2v) is 5.74. The second-order valence-electron chi connectivity index (χ2n) is 5.74. The van der Waals surface area contributed by atoms with E-state index in [1.807, 2.05) is 12.1 Å². The maximum absolute atomic E-state index is 11.8. The summed E-state index contributed by atoms with van der Waals surface area (Å²) in [5, 5.41) is 16.4. The van der Waals surface area contributed by atoms with Gasteiger partial charge in [-0.15, -0.1) is 0 Å². The van der Waals surface area contributed by atoms with Crippen LogP contribution in [0.15, 0.2) is 54.6 Å². The van der Waals surface area contributed by atoms with Crippen molar-refractivity contribution in [3.63, 3.8) is 0 Å². The number of nitriles is 1. The SMILES string of the molecule is N#CCc1ccc(NC(=O)COC(=O)CCNC(=O)Nc2ccccc2)cc1. The van der Waals surface area contributed by atoms with Crippen molar-refractivity contribution in [1.82, 2.24) is 5.32 Å². The summed E-state index contributed by atoms with van der Waals surface area (Å²) in [5.41, 5.74) is 2.03. The van der Waals surface area contributed by atoms with E-state index in [1.54, 1.807) is 48.5 Å². The molecule has 8 nitrogen and oxygen atoms in total. The number of amides is 3. The van der Waals surface area contributed by atoms with Crippen LogP contribution in [0, 0.1) is 11.3 Å². The molecule has 8 heteroatoms. The van der Waals surface area contributed by atoms with E-state index in [0.29, 0.717) is 17.8 Å². The molecule has 2 rings (SSSR count). The van der Waals surface area contributed by atoms with Crippen LogP contribution in [0.4, 0.5) is 16.2 Å². The first-order chi connectivity index (χ1) is 13.6.